The molecule has 0 aliphatic carbocycles. The average Bonchev–Trinajstić information content (AvgIpc) is 2.61. The van der Waals surface area contributed by atoms with Crippen LogP contribution in [0, 0.1) is 0 Å². The van der Waals surface area contributed by atoms with E-state index in [9.17, 15) is 4.79 Å². The Morgan fingerprint density at radius 2 is 1.29 bits per heavy atom. The molecule has 24 heavy (non-hydrogen) atoms. The van der Waals surface area contributed by atoms with E-state index >= 15 is 0 Å². The van der Waals surface area contributed by atoms with E-state index in [0.717, 1.165) is 0 Å². The van der Waals surface area contributed by atoms with E-state index in [0.29, 0.717) is 12.5 Å². The summed E-state index contributed by atoms with van der Waals surface area (Å²) >= 11 is 0. The molecule has 0 aromatic heterocycles. The minimum absolute atomic E-state index is 0.243. The highest BCUT2D eigenvalue weighted by Crippen LogP contribution is 2.32. The van der Waals surface area contributed by atoms with E-state index in [2.05, 4.69) is 0 Å². The molecule has 0 aromatic rings. The third kappa shape index (κ3) is 5.62. The van der Waals surface area contributed by atoms with E-state index in [4.69, 9.17) is 33.2 Å². The average molecular weight is 366 g/mol. The predicted molar refractivity (Wildman–Crippen MR) is 89.9 cm³/mol. The lowest BCUT2D eigenvalue weighted by Gasteiger charge is -2.43. The number of carbonyl (C=O) groups is 1. The molecule has 0 unspecified atom stereocenters. The van der Waals surface area contributed by atoms with Crippen LogP contribution < -0.4 is 0 Å². The zero-order valence-corrected chi connectivity index (χ0v) is 16.8. The van der Waals surface area contributed by atoms with E-state index < -0.39 is 20.0 Å². The zero-order chi connectivity index (χ0) is 18.6. The van der Waals surface area contributed by atoms with Crippen molar-refractivity contribution < 1.29 is 38.0 Å². The van der Waals surface area contributed by atoms with Crippen molar-refractivity contribution in [1.82, 2.24) is 0 Å². The normalized spacial score (nSPS) is 13.0. The van der Waals surface area contributed by atoms with Crippen molar-refractivity contribution in [3.05, 3.63) is 12.2 Å². The Morgan fingerprint density at radius 1 is 0.875 bits per heavy atom. The van der Waals surface area contributed by atoms with Crippen molar-refractivity contribution in [2.45, 2.75) is 30.6 Å². The quantitative estimate of drug-likeness (QED) is 0.157. The first-order valence-electron chi connectivity index (χ1n) is 7.56. The highest BCUT2D eigenvalue weighted by atomic mass is 28.3. The van der Waals surface area contributed by atoms with Gasteiger partial charge in [0, 0.05) is 48.7 Å². The molecule has 0 aliphatic rings. The number of methoxy groups -OCH3 is 6. The fraction of sp³-hybridized carbons (Fsp3) is 0.800. The highest BCUT2D eigenvalue weighted by Gasteiger charge is 2.57. The SMILES string of the molecule is CC=CC(=O)OCCC[SiH](C(OC)(OC)OC)C(OC)(OC)OC. The summed E-state index contributed by atoms with van der Waals surface area (Å²) in [6, 6.07) is 0.550. The zero-order valence-electron chi connectivity index (χ0n) is 15.6. The van der Waals surface area contributed by atoms with Crippen molar-refractivity contribution in [1.29, 1.82) is 0 Å². The molecule has 0 amide bonds. The Balaban J connectivity index is 5.23. The van der Waals surface area contributed by atoms with E-state index in [1.165, 1.54) is 48.7 Å². The van der Waals surface area contributed by atoms with E-state index in [1.54, 1.807) is 13.0 Å². The van der Waals surface area contributed by atoms with Gasteiger partial charge >= 0.3 is 5.97 Å². The summed E-state index contributed by atoms with van der Waals surface area (Å²) in [5.41, 5.74) is -2.65. The van der Waals surface area contributed by atoms with Gasteiger partial charge in [0.15, 0.2) is 0 Å². The van der Waals surface area contributed by atoms with Crippen LogP contribution in [0.15, 0.2) is 12.2 Å². The summed E-state index contributed by atoms with van der Waals surface area (Å²) in [5.74, 6) is -0.385. The Hall–Kier alpha value is -0.813. The smallest absolute Gasteiger partial charge is 0.330 e. The number of carbonyl (C=O) groups excluding carboxylic acids is 1. The van der Waals surface area contributed by atoms with Gasteiger partial charge in [-0.1, -0.05) is 6.08 Å². The molecule has 0 rings (SSSR count). The maximum Gasteiger partial charge on any atom is 0.330 e. The summed E-state index contributed by atoms with van der Waals surface area (Å²) in [5, 5.41) is 0. The molecule has 0 bridgehead atoms. The number of allylic oxidation sites excluding steroid dienone is 1. The van der Waals surface area contributed by atoms with Crippen molar-refractivity contribution in [2.75, 3.05) is 49.3 Å². The Kier molecular flexibility index (Phi) is 11.3. The molecule has 0 radical (unpaired) electrons. The predicted octanol–water partition coefficient (Wildman–Crippen LogP) is 0.987. The van der Waals surface area contributed by atoms with Crippen LogP contribution in [-0.4, -0.2) is 75.2 Å². The van der Waals surface area contributed by atoms with Gasteiger partial charge in [-0.25, -0.2) is 4.79 Å². The summed E-state index contributed by atoms with van der Waals surface area (Å²) in [6.07, 6.45) is 3.54. The number of hydrogen-bond donors (Lipinski definition) is 0. The molecule has 9 heteroatoms. The fourth-order valence-electron chi connectivity index (χ4n) is 2.57. The second-order valence-corrected chi connectivity index (χ2v) is 7.89. The van der Waals surface area contributed by atoms with Crippen LogP contribution in [-0.2, 0) is 38.0 Å². The molecule has 0 fully saturated rings. The van der Waals surface area contributed by atoms with Crippen LogP contribution in [0.1, 0.15) is 13.3 Å². The maximum absolute atomic E-state index is 11.4. The van der Waals surface area contributed by atoms with Crippen molar-refractivity contribution in [3.8, 4) is 0 Å². The molecule has 0 saturated carbocycles. The Bertz CT molecular complexity index is 343. The van der Waals surface area contributed by atoms with Gasteiger partial charge in [-0.15, -0.1) is 0 Å². The van der Waals surface area contributed by atoms with Crippen molar-refractivity contribution in [2.24, 2.45) is 0 Å². The van der Waals surface area contributed by atoms with Gasteiger partial charge < -0.3 is 33.2 Å². The molecule has 0 spiro atoms. The molecule has 0 aromatic carbocycles. The maximum atomic E-state index is 11.4. The summed E-state index contributed by atoms with van der Waals surface area (Å²) in [6.45, 7) is 1.99. The van der Waals surface area contributed by atoms with Crippen LogP contribution >= 0.6 is 0 Å². The lowest BCUT2D eigenvalue weighted by atomic mass is 10.5. The first-order valence-corrected chi connectivity index (χ1v) is 9.53. The molecule has 0 aliphatic heterocycles. The first kappa shape index (κ1) is 23.2. The van der Waals surface area contributed by atoms with Gasteiger partial charge in [0.25, 0.3) is 20.0 Å². The minimum Gasteiger partial charge on any atom is -0.463 e. The van der Waals surface area contributed by atoms with Crippen LogP contribution in [0.3, 0.4) is 0 Å². The first-order chi connectivity index (χ1) is 11.5. The van der Waals surface area contributed by atoms with Gasteiger partial charge in [0.1, 0.15) is 0 Å². The summed E-state index contributed by atoms with van der Waals surface area (Å²) in [7, 11) is 6.50. The summed E-state index contributed by atoms with van der Waals surface area (Å²) in [4.78, 5) is 11.4. The van der Waals surface area contributed by atoms with Crippen LogP contribution in [0.25, 0.3) is 0 Å². The number of hydrogen-bond acceptors (Lipinski definition) is 8. The third-order valence-corrected chi connectivity index (χ3v) is 7.85. The van der Waals surface area contributed by atoms with Crippen molar-refractivity contribution >= 4 is 14.8 Å². The molecular weight excluding hydrogens is 336 g/mol. The molecule has 0 heterocycles. The monoisotopic (exact) mass is 366 g/mol. The standard InChI is InChI=1S/C15H30O8Si/c1-8-10-13(16)23-11-9-12-24(14(17-2,18-3)19-4)15(20-5,21-6)22-7/h8,10,24H,9,11-12H2,1-7H3. The molecule has 0 saturated heterocycles. The van der Waals surface area contributed by atoms with Crippen LogP contribution in [0.4, 0.5) is 0 Å². The number of rotatable bonds is 13. The number of esters is 1. The molecule has 142 valence electrons. The molecule has 0 atom stereocenters. The largest absolute Gasteiger partial charge is 0.463 e. The Labute approximate surface area is 145 Å². The molecule has 8 nitrogen and oxygen atoms in total. The lowest BCUT2D eigenvalue weighted by molar-refractivity contribution is -0.339. The second kappa shape index (κ2) is 11.7. The van der Waals surface area contributed by atoms with Crippen LogP contribution in [0.5, 0.6) is 0 Å². The topological polar surface area (TPSA) is 81.7 Å². The van der Waals surface area contributed by atoms with Gasteiger partial charge in [-0.2, -0.15) is 0 Å². The Morgan fingerprint density at radius 3 is 1.62 bits per heavy atom. The van der Waals surface area contributed by atoms with Gasteiger partial charge in [-0.05, 0) is 19.4 Å². The van der Waals surface area contributed by atoms with Gasteiger partial charge in [0.05, 0.1) is 6.61 Å². The molecule has 0 N–H and O–H groups in total. The summed E-state index contributed by atoms with van der Waals surface area (Å²) < 4.78 is 38.0. The molecular formula is C15H30O8Si. The number of ether oxygens (including phenoxy) is 7. The minimum atomic E-state index is -2.36. The van der Waals surface area contributed by atoms with Crippen LogP contribution in [0.2, 0.25) is 6.04 Å². The third-order valence-electron chi connectivity index (χ3n) is 3.74. The van der Waals surface area contributed by atoms with Gasteiger partial charge in [-0.3, -0.25) is 0 Å². The fourth-order valence-corrected chi connectivity index (χ4v) is 5.99. The van der Waals surface area contributed by atoms with Crippen molar-refractivity contribution in [3.63, 3.8) is 0 Å². The highest BCUT2D eigenvalue weighted by molar-refractivity contribution is 6.63. The lowest BCUT2D eigenvalue weighted by Crippen LogP contribution is -2.65. The van der Waals surface area contributed by atoms with E-state index in [-0.39, 0.29) is 12.6 Å². The van der Waals surface area contributed by atoms with Gasteiger partial charge in [0.2, 0.25) is 0 Å². The second-order valence-electron chi connectivity index (χ2n) is 4.79. The van der Waals surface area contributed by atoms with E-state index in [1.807, 2.05) is 0 Å².